The molecule has 0 saturated heterocycles. The monoisotopic (exact) mass is 338 g/mol. The molecular formula is C15H19BrN2O2. The first-order chi connectivity index (χ1) is 9.43. The average molecular weight is 339 g/mol. The maximum absolute atomic E-state index is 10.5. The first-order valence-corrected chi connectivity index (χ1v) is 7.24. The second kappa shape index (κ2) is 5.97. The van der Waals surface area contributed by atoms with Crippen LogP contribution in [0.3, 0.4) is 0 Å². The zero-order valence-electron chi connectivity index (χ0n) is 12.1. The second-order valence-electron chi connectivity index (χ2n) is 4.88. The summed E-state index contributed by atoms with van der Waals surface area (Å²) in [7, 11) is 3.53. The Kier molecular flexibility index (Phi) is 4.50. The molecular weight excluding hydrogens is 320 g/mol. The van der Waals surface area contributed by atoms with Crippen LogP contribution in [-0.2, 0) is 13.5 Å². The number of aliphatic hydroxyl groups is 1. The van der Waals surface area contributed by atoms with E-state index < -0.39 is 6.10 Å². The lowest BCUT2D eigenvalue weighted by atomic mass is 9.99. The van der Waals surface area contributed by atoms with Gasteiger partial charge in [0.15, 0.2) is 0 Å². The van der Waals surface area contributed by atoms with Crippen LogP contribution in [0.1, 0.15) is 28.6 Å². The molecule has 0 fully saturated rings. The molecule has 0 amide bonds. The van der Waals surface area contributed by atoms with Gasteiger partial charge in [0.25, 0.3) is 0 Å². The van der Waals surface area contributed by atoms with Gasteiger partial charge in [-0.1, -0.05) is 15.9 Å². The molecule has 1 unspecified atom stereocenters. The van der Waals surface area contributed by atoms with Crippen LogP contribution in [0.2, 0.25) is 0 Å². The van der Waals surface area contributed by atoms with E-state index in [4.69, 9.17) is 4.74 Å². The predicted molar refractivity (Wildman–Crippen MR) is 82.0 cm³/mol. The Bertz CT molecular complexity index is 623. The number of aryl methyl sites for hydroxylation is 2. The largest absolute Gasteiger partial charge is 0.496 e. The molecule has 0 saturated carbocycles. The molecule has 1 atom stereocenters. The van der Waals surface area contributed by atoms with Crippen molar-refractivity contribution in [3.05, 3.63) is 45.2 Å². The molecule has 0 spiro atoms. The summed E-state index contributed by atoms with van der Waals surface area (Å²) in [6.45, 7) is 3.89. The average Bonchev–Trinajstić information content (AvgIpc) is 2.63. The lowest BCUT2D eigenvalue weighted by Crippen LogP contribution is -2.06. The maximum atomic E-state index is 10.5. The fourth-order valence-corrected chi connectivity index (χ4v) is 2.90. The molecule has 0 aliphatic carbocycles. The quantitative estimate of drug-likeness (QED) is 0.931. The SMILES string of the molecule is COc1ccc(Br)cc1CC(O)c1c(C)nn(C)c1C. The Labute approximate surface area is 127 Å². The second-order valence-corrected chi connectivity index (χ2v) is 5.80. The van der Waals surface area contributed by atoms with E-state index in [0.29, 0.717) is 6.42 Å². The number of aromatic nitrogens is 2. The zero-order chi connectivity index (χ0) is 14.9. The summed E-state index contributed by atoms with van der Waals surface area (Å²) in [5.74, 6) is 0.784. The lowest BCUT2D eigenvalue weighted by molar-refractivity contribution is 0.175. The molecule has 0 bridgehead atoms. The van der Waals surface area contributed by atoms with Crippen LogP contribution < -0.4 is 4.74 Å². The van der Waals surface area contributed by atoms with Crippen LogP contribution in [0.25, 0.3) is 0 Å². The van der Waals surface area contributed by atoms with Gasteiger partial charge >= 0.3 is 0 Å². The maximum Gasteiger partial charge on any atom is 0.122 e. The van der Waals surface area contributed by atoms with Crippen molar-refractivity contribution in [3.8, 4) is 5.75 Å². The van der Waals surface area contributed by atoms with Crippen LogP contribution >= 0.6 is 15.9 Å². The highest BCUT2D eigenvalue weighted by Gasteiger charge is 2.19. The van der Waals surface area contributed by atoms with E-state index >= 15 is 0 Å². The molecule has 4 nitrogen and oxygen atoms in total. The molecule has 5 heteroatoms. The zero-order valence-corrected chi connectivity index (χ0v) is 13.7. The molecule has 1 aromatic heterocycles. The summed E-state index contributed by atoms with van der Waals surface area (Å²) in [5, 5.41) is 14.9. The van der Waals surface area contributed by atoms with E-state index in [1.165, 1.54) is 0 Å². The lowest BCUT2D eigenvalue weighted by Gasteiger charge is -2.14. The highest BCUT2D eigenvalue weighted by atomic mass is 79.9. The van der Waals surface area contributed by atoms with Gasteiger partial charge in [0.05, 0.1) is 18.9 Å². The standard InChI is InChI=1S/C15H19BrN2O2/c1-9-15(10(2)18(3)17-9)13(19)8-11-7-12(16)5-6-14(11)20-4/h5-7,13,19H,8H2,1-4H3. The van der Waals surface area contributed by atoms with E-state index in [1.807, 2.05) is 39.1 Å². The fraction of sp³-hybridized carbons (Fsp3) is 0.400. The third kappa shape index (κ3) is 2.88. The minimum atomic E-state index is -0.591. The van der Waals surface area contributed by atoms with Crippen LogP contribution in [0.15, 0.2) is 22.7 Å². The number of hydrogen-bond acceptors (Lipinski definition) is 3. The van der Waals surface area contributed by atoms with Crippen molar-refractivity contribution in [1.82, 2.24) is 9.78 Å². The Hall–Kier alpha value is -1.33. The number of halogens is 1. The molecule has 0 aliphatic rings. The fourth-order valence-electron chi connectivity index (χ4n) is 2.49. The van der Waals surface area contributed by atoms with Crippen molar-refractivity contribution in [2.24, 2.45) is 7.05 Å². The summed E-state index contributed by atoms with van der Waals surface area (Å²) in [5.41, 5.74) is 3.72. The smallest absolute Gasteiger partial charge is 0.122 e. The third-order valence-electron chi connectivity index (χ3n) is 3.55. The summed E-state index contributed by atoms with van der Waals surface area (Å²) >= 11 is 3.45. The highest BCUT2D eigenvalue weighted by Crippen LogP contribution is 2.30. The molecule has 0 aliphatic heterocycles. The molecule has 2 rings (SSSR count). The number of ether oxygens (including phenoxy) is 1. The number of benzene rings is 1. The number of nitrogens with zero attached hydrogens (tertiary/aromatic N) is 2. The summed E-state index contributed by atoms with van der Waals surface area (Å²) in [6, 6.07) is 5.80. The van der Waals surface area contributed by atoms with Gasteiger partial charge in [0.1, 0.15) is 5.75 Å². The minimum Gasteiger partial charge on any atom is -0.496 e. The number of hydrogen-bond donors (Lipinski definition) is 1. The number of rotatable bonds is 4. The van der Waals surface area contributed by atoms with Crippen LogP contribution in [0, 0.1) is 13.8 Å². The van der Waals surface area contributed by atoms with Crippen LogP contribution in [0.4, 0.5) is 0 Å². The summed E-state index contributed by atoms with van der Waals surface area (Å²) in [6.07, 6.45) is -0.0948. The molecule has 20 heavy (non-hydrogen) atoms. The topological polar surface area (TPSA) is 47.3 Å². The minimum absolute atomic E-state index is 0.496. The van der Waals surface area contributed by atoms with Gasteiger partial charge in [-0.2, -0.15) is 5.10 Å². The van der Waals surface area contributed by atoms with E-state index in [0.717, 1.165) is 32.7 Å². The third-order valence-corrected chi connectivity index (χ3v) is 4.05. The predicted octanol–water partition coefficient (Wildman–Crippen LogP) is 3.08. The first-order valence-electron chi connectivity index (χ1n) is 6.44. The van der Waals surface area contributed by atoms with Crippen molar-refractivity contribution in [2.45, 2.75) is 26.4 Å². The van der Waals surface area contributed by atoms with E-state index in [-0.39, 0.29) is 0 Å². The van der Waals surface area contributed by atoms with E-state index in [9.17, 15) is 5.11 Å². The van der Waals surface area contributed by atoms with Crippen molar-refractivity contribution < 1.29 is 9.84 Å². The first kappa shape index (κ1) is 15.1. The van der Waals surface area contributed by atoms with E-state index in [2.05, 4.69) is 21.0 Å². The molecule has 1 aromatic carbocycles. The van der Waals surface area contributed by atoms with E-state index in [1.54, 1.807) is 11.8 Å². The highest BCUT2D eigenvalue weighted by molar-refractivity contribution is 9.10. The molecule has 2 aromatic rings. The Morgan fingerprint density at radius 1 is 1.40 bits per heavy atom. The van der Waals surface area contributed by atoms with Gasteiger partial charge in [-0.15, -0.1) is 0 Å². The number of methoxy groups -OCH3 is 1. The van der Waals surface area contributed by atoms with Crippen molar-refractivity contribution in [1.29, 1.82) is 0 Å². The van der Waals surface area contributed by atoms with Crippen molar-refractivity contribution >= 4 is 15.9 Å². The summed E-state index contributed by atoms with van der Waals surface area (Å²) < 4.78 is 8.12. The van der Waals surface area contributed by atoms with Gasteiger partial charge < -0.3 is 9.84 Å². The summed E-state index contributed by atoms with van der Waals surface area (Å²) in [4.78, 5) is 0. The Morgan fingerprint density at radius 3 is 2.65 bits per heavy atom. The van der Waals surface area contributed by atoms with Gasteiger partial charge in [-0.05, 0) is 37.6 Å². The molecule has 1 N–H and O–H groups in total. The Morgan fingerprint density at radius 2 is 2.10 bits per heavy atom. The molecule has 1 heterocycles. The van der Waals surface area contributed by atoms with Crippen LogP contribution in [-0.4, -0.2) is 22.0 Å². The van der Waals surface area contributed by atoms with Crippen molar-refractivity contribution in [2.75, 3.05) is 7.11 Å². The molecule has 0 radical (unpaired) electrons. The molecule has 108 valence electrons. The van der Waals surface area contributed by atoms with Crippen molar-refractivity contribution in [3.63, 3.8) is 0 Å². The Balaban J connectivity index is 2.32. The van der Waals surface area contributed by atoms with Gasteiger partial charge in [-0.25, -0.2) is 0 Å². The normalized spacial score (nSPS) is 12.5. The van der Waals surface area contributed by atoms with Gasteiger partial charge in [-0.3, -0.25) is 4.68 Å². The van der Waals surface area contributed by atoms with Crippen LogP contribution in [0.5, 0.6) is 5.75 Å². The van der Waals surface area contributed by atoms with Gasteiger partial charge in [0, 0.05) is 29.2 Å². The van der Waals surface area contributed by atoms with Gasteiger partial charge in [0.2, 0.25) is 0 Å². The number of aliphatic hydroxyl groups excluding tert-OH is 1.